The van der Waals surface area contributed by atoms with E-state index in [1.165, 1.54) is 36.8 Å². The maximum atomic E-state index is 11.3. The summed E-state index contributed by atoms with van der Waals surface area (Å²) in [6, 6.07) is 4.86. The molecule has 0 aromatic heterocycles. The maximum Gasteiger partial charge on any atom is 0.127 e. The van der Waals surface area contributed by atoms with E-state index in [4.69, 9.17) is 4.74 Å². The average molecular weight is 469 g/mol. The Morgan fingerprint density at radius 2 is 2.00 bits per heavy atom. The molecule has 190 valence electrons. The number of nitrogens with zero attached hydrogens (tertiary/aromatic N) is 1. The summed E-state index contributed by atoms with van der Waals surface area (Å²) in [5, 5.41) is 14.9. The molecule has 3 atom stereocenters. The Hall–Kier alpha value is -1.52. The second kappa shape index (κ2) is 10.2. The number of allylic oxidation sites excluding steroid dienone is 1. The molecule has 1 saturated heterocycles. The third-order valence-electron chi connectivity index (χ3n) is 8.70. The van der Waals surface area contributed by atoms with E-state index < -0.39 is 0 Å². The van der Waals surface area contributed by atoms with Crippen LogP contribution in [-0.2, 0) is 5.41 Å². The molecular formula is C30H48N2O2. The Morgan fingerprint density at radius 3 is 2.74 bits per heavy atom. The number of benzene rings is 1. The zero-order valence-electron chi connectivity index (χ0n) is 22.5. The van der Waals surface area contributed by atoms with Crippen LogP contribution in [0.4, 0.5) is 0 Å². The highest BCUT2D eigenvalue weighted by molar-refractivity contribution is 5.54. The molecule has 0 amide bonds. The summed E-state index contributed by atoms with van der Waals surface area (Å²) in [6.07, 6.45) is 10.7. The number of hydrogen-bond donors (Lipinski definition) is 2. The molecule has 4 nitrogen and oxygen atoms in total. The van der Waals surface area contributed by atoms with Crippen LogP contribution >= 0.6 is 0 Å². The number of ether oxygens (including phenoxy) is 1. The Labute approximate surface area is 208 Å². The van der Waals surface area contributed by atoms with Crippen molar-refractivity contribution in [2.24, 2.45) is 5.92 Å². The van der Waals surface area contributed by atoms with Gasteiger partial charge in [-0.05, 0) is 63.1 Å². The van der Waals surface area contributed by atoms with Gasteiger partial charge in [0.1, 0.15) is 17.1 Å². The molecule has 1 fully saturated rings. The minimum absolute atomic E-state index is 0.0290. The van der Waals surface area contributed by atoms with Gasteiger partial charge in [0.15, 0.2) is 0 Å². The van der Waals surface area contributed by atoms with Crippen molar-refractivity contribution in [3.8, 4) is 11.5 Å². The zero-order valence-corrected chi connectivity index (χ0v) is 22.5. The minimum Gasteiger partial charge on any atom is -0.508 e. The van der Waals surface area contributed by atoms with Crippen LogP contribution < -0.4 is 10.1 Å². The second-order valence-electron chi connectivity index (χ2n) is 12.4. The molecule has 2 N–H and O–H groups in total. The van der Waals surface area contributed by atoms with E-state index in [0.717, 1.165) is 56.8 Å². The fourth-order valence-electron chi connectivity index (χ4n) is 6.57. The molecule has 3 aliphatic rings. The molecule has 2 heterocycles. The van der Waals surface area contributed by atoms with Crippen LogP contribution in [0.1, 0.15) is 104 Å². The number of piperazine rings is 1. The minimum atomic E-state index is -0.237. The molecule has 1 aromatic rings. The first-order valence-electron chi connectivity index (χ1n) is 13.8. The van der Waals surface area contributed by atoms with E-state index in [9.17, 15) is 5.11 Å². The number of fused-ring (bicyclic) bond motifs is 3. The Morgan fingerprint density at radius 1 is 1.21 bits per heavy atom. The molecule has 2 unspecified atom stereocenters. The summed E-state index contributed by atoms with van der Waals surface area (Å²) >= 11 is 0. The topological polar surface area (TPSA) is 44.7 Å². The van der Waals surface area contributed by atoms with Crippen LogP contribution in [0.15, 0.2) is 23.8 Å². The molecule has 1 aromatic carbocycles. The molecular weight excluding hydrogens is 420 g/mol. The van der Waals surface area contributed by atoms with E-state index in [1.807, 2.05) is 6.07 Å². The van der Waals surface area contributed by atoms with Gasteiger partial charge >= 0.3 is 0 Å². The summed E-state index contributed by atoms with van der Waals surface area (Å²) < 4.78 is 6.64. The highest BCUT2D eigenvalue weighted by Gasteiger charge is 2.46. The van der Waals surface area contributed by atoms with Gasteiger partial charge in [0.25, 0.3) is 0 Å². The highest BCUT2D eigenvalue weighted by Crippen LogP contribution is 2.55. The van der Waals surface area contributed by atoms with Gasteiger partial charge in [-0.3, -0.25) is 4.90 Å². The predicted molar refractivity (Wildman–Crippen MR) is 142 cm³/mol. The van der Waals surface area contributed by atoms with Crippen LogP contribution in [0.3, 0.4) is 0 Å². The fraction of sp³-hybridized carbons (Fsp3) is 0.733. The first-order chi connectivity index (χ1) is 16.1. The first-order valence-corrected chi connectivity index (χ1v) is 13.8. The summed E-state index contributed by atoms with van der Waals surface area (Å²) in [5.74, 6) is 2.07. The standard InChI is InChI=1S/C30H48N2O2/c1-7-8-9-10-13-29(3,4)23-17-26(33)28-24-16-22(20-32-15-14-31-21(2)19-32)11-12-25(24)30(5,6)34-27(28)18-23/h11,17-18,21,24-25,31,33H,7-10,12-16,19-20H2,1-6H3/t21?,24?,25-/m0/s1. The third kappa shape index (κ3) is 5.49. The van der Waals surface area contributed by atoms with E-state index in [0.29, 0.717) is 23.6 Å². The lowest BCUT2D eigenvalue weighted by Crippen LogP contribution is -2.50. The number of nitrogens with one attached hydrogen (secondary N) is 1. The Bertz CT molecular complexity index is 888. The number of phenols is 1. The highest BCUT2D eigenvalue weighted by atomic mass is 16.5. The molecule has 0 bridgehead atoms. The molecule has 0 saturated carbocycles. The number of aromatic hydroxyl groups is 1. The van der Waals surface area contributed by atoms with E-state index >= 15 is 0 Å². The third-order valence-corrected chi connectivity index (χ3v) is 8.70. The SMILES string of the molecule is CCCCCCC(C)(C)c1cc(O)c2c(c1)OC(C)(C)[C@H]1CC=C(CN3CCNC(C)C3)CC21. The number of phenolic OH excluding ortho intramolecular Hbond substituents is 1. The van der Waals surface area contributed by atoms with E-state index in [1.54, 1.807) is 0 Å². The summed E-state index contributed by atoms with van der Waals surface area (Å²) in [4.78, 5) is 2.59. The van der Waals surface area contributed by atoms with E-state index in [2.05, 4.69) is 63.9 Å². The predicted octanol–water partition coefficient (Wildman–Crippen LogP) is 6.52. The number of hydrogen-bond acceptors (Lipinski definition) is 4. The number of unbranched alkanes of at least 4 members (excludes halogenated alkanes) is 3. The van der Waals surface area contributed by atoms with Gasteiger partial charge in [-0.15, -0.1) is 0 Å². The quantitative estimate of drug-likeness (QED) is 0.336. The van der Waals surface area contributed by atoms with Crippen molar-refractivity contribution < 1.29 is 9.84 Å². The Balaban J connectivity index is 1.56. The van der Waals surface area contributed by atoms with Crippen molar-refractivity contribution in [1.29, 1.82) is 0 Å². The van der Waals surface area contributed by atoms with Crippen molar-refractivity contribution in [3.05, 3.63) is 34.9 Å². The van der Waals surface area contributed by atoms with Crippen molar-refractivity contribution in [2.45, 2.75) is 109 Å². The van der Waals surface area contributed by atoms with Crippen LogP contribution in [0, 0.1) is 5.92 Å². The van der Waals surface area contributed by atoms with E-state index in [-0.39, 0.29) is 11.0 Å². The smallest absolute Gasteiger partial charge is 0.127 e. The van der Waals surface area contributed by atoms with Gasteiger partial charge < -0.3 is 15.2 Å². The van der Waals surface area contributed by atoms with Crippen LogP contribution in [0.25, 0.3) is 0 Å². The molecule has 0 spiro atoms. The molecule has 2 aliphatic heterocycles. The molecule has 4 heteroatoms. The Kier molecular flexibility index (Phi) is 7.69. The largest absolute Gasteiger partial charge is 0.508 e. The molecule has 0 radical (unpaired) electrons. The molecule has 1 aliphatic carbocycles. The molecule has 34 heavy (non-hydrogen) atoms. The first kappa shape index (κ1) is 25.6. The van der Waals surface area contributed by atoms with Crippen molar-refractivity contribution >= 4 is 0 Å². The maximum absolute atomic E-state index is 11.3. The lowest BCUT2D eigenvalue weighted by atomic mass is 9.66. The molecule has 4 rings (SSSR count). The summed E-state index contributed by atoms with van der Waals surface area (Å²) in [5.41, 5.74) is 3.57. The van der Waals surface area contributed by atoms with Gasteiger partial charge in [-0.25, -0.2) is 0 Å². The van der Waals surface area contributed by atoms with Gasteiger partial charge in [-0.1, -0.05) is 58.1 Å². The van der Waals surface area contributed by atoms with Crippen LogP contribution in [0.5, 0.6) is 11.5 Å². The van der Waals surface area contributed by atoms with Crippen molar-refractivity contribution in [3.63, 3.8) is 0 Å². The van der Waals surface area contributed by atoms with Crippen molar-refractivity contribution in [2.75, 3.05) is 26.2 Å². The van der Waals surface area contributed by atoms with Gasteiger partial charge in [0, 0.05) is 49.6 Å². The lowest BCUT2D eigenvalue weighted by molar-refractivity contribution is 0.00679. The fourth-order valence-corrected chi connectivity index (χ4v) is 6.57. The average Bonchev–Trinajstić information content (AvgIpc) is 2.76. The number of rotatable bonds is 8. The summed E-state index contributed by atoms with van der Waals surface area (Å²) in [7, 11) is 0. The van der Waals surface area contributed by atoms with Crippen molar-refractivity contribution in [1.82, 2.24) is 10.2 Å². The summed E-state index contributed by atoms with van der Waals surface area (Å²) in [6.45, 7) is 18.0. The van der Waals surface area contributed by atoms with Gasteiger partial charge in [-0.2, -0.15) is 0 Å². The zero-order chi connectivity index (χ0) is 24.5. The van der Waals surface area contributed by atoms with Crippen LogP contribution in [-0.4, -0.2) is 47.8 Å². The second-order valence-corrected chi connectivity index (χ2v) is 12.4. The van der Waals surface area contributed by atoms with Crippen LogP contribution in [0.2, 0.25) is 0 Å². The lowest BCUT2D eigenvalue weighted by Gasteiger charge is -2.48. The van der Waals surface area contributed by atoms with Gasteiger partial charge in [0.2, 0.25) is 0 Å². The normalized spacial score (nSPS) is 26.9. The monoisotopic (exact) mass is 468 g/mol. The van der Waals surface area contributed by atoms with Gasteiger partial charge in [0.05, 0.1) is 0 Å².